The Bertz CT molecular complexity index is 482. The van der Waals surface area contributed by atoms with E-state index >= 15 is 0 Å². The first-order valence-electron chi connectivity index (χ1n) is 10.2. The summed E-state index contributed by atoms with van der Waals surface area (Å²) in [6, 6.07) is 0.348. The second-order valence-electron chi connectivity index (χ2n) is 8.57. The lowest BCUT2D eigenvalue weighted by atomic mass is 9.80. The maximum absolute atomic E-state index is 12.7. The molecule has 2 saturated carbocycles. The molecule has 2 aliphatic carbocycles. The Morgan fingerprint density at radius 3 is 2.77 bits per heavy atom. The molecule has 0 radical (unpaired) electrons. The van der Waals surface area contributed by atoms with Crippen molar-refractivity contribution in [1.29, 1.82) is 0 Å². The van der Waals surface area contributed by atoms with Gasteiger partial charge in [-0.1, -0.05) is 20.3 Å². The van der Waals surface area contributed by atoms with Gasteiger partial charge in [-0.05, 0) is 57.4 Å². The van der Waals surface area contributed by atoms with Crippen LogP contribution in [-0.2, 0) is 4.79 Å². The molecule has 150 valence electrons. The van der Waals surface area contributed by atoms with Gasteiger partial charge in [0, 0.05) is 22.6 Å². The zero-order valence-corrected chi connectivity index (χ0v) is 17.9. The zero-order chi connectivity index (χ0) is 18.7. The fourth-order valence-electron chi connectivity index (χ4n) is 4.60. The van der Waals surface area contributed by atoms with Crippen molar-refractivity contribution in [3.05, 3.63) is 0 Å². The Morgan fingerprint density at radius 1 is 1.27 bits per heavy atom. The number of hydrogen-bond acceptors (Lipinski definition) is 5. The zero-order valence-electron chi connectivity index (χ0n) is 16.3. The Labute approximate surface area is 167 Å². The predicted molar refractivity (Wildman–Crippen MR) is 110 cm³/mol. The van der Waals surface area contributed by atoms with Crippen LogP contribution in [0.3, 0.4) is 0 Å². The molecule has 26 heavy (non-hydrogen) atoms. The molecule has 0 aromatic carbocycles. The normalized spacial score (nSPS) is 40.3. The van der Waals surface area contributed by atoms with E-state index in [2.05, 4.69) is 42.0 Å². The molecule has 0 spiro atoms. The van der Waals surface area contributed by atoms with E-state index in [1.54, 1.807) is 0 Å². The van der Waals surface area contributed by atoms with E-state index in [9.17, 15) is 4.79 Å². The van der Waals surface area contributed by atoms with Crippen LogP contribution >= 0.6 is 23.4 Å². The minimum absolute atomic E-state index is 0.162. The first-order chi connectivity index (χ1) is 12.4. The third-order valence-corrected chi connectivity index (χ3v) is 8.66. The minimum atomic E-state index is 0.162. The molecule has 1 heterocycles. The van der Waals surface area contributed by atoms with Crippen LogP contribution in [-0.4, -0.2) is 46.7 Å². The molecule has 1 amide bonds. The quantitative estimate of drug-likeness (QED) is 0.617. The molecule has 3 N–H and O–H groups in total. The molecule has 7 heteroatoms. The summed E-state index contributed by atoms with van der Waals surface area (Å²) >= 11 is 8.31. The van der Waals surface area contributed by atoms with Gasteiger partial charge in [0.2, 0.25) is 5.91 Å². The number of hydrogen-bond donors (Lipinski definition) is 3. The van der Waals surface area contributed by atoms with Crippen LogP contribution < -0.4 is 16.2 Å². The Kier molecular flexibility index (Phi) is 7.54. The molecule has 3 rings (SSSR count). The molecular formula is C19H35ClN4OS. The van der Waals surface area contributed by atoms with Gasteiger partial charge in [0.25, 0.3) is 0 Å². The summed E-state index contributed by atoms with van der Waals surface area (Å²) < 4.78 is 0. The summed E-state index contributed by atoms with van der Waals surface area (Å²) in [6.45, 7) is 5.41. The fourth-order valence-corrected chi connectivity index (χ4v) is 6.14. The van der Waals surface area contributed by atoms with E-state index in [1.807, 2.05) is 11.8 Å². The number of carbonyl (C=O) groups excluding carboxylic acids is 1. The third kappa shape index (κ3) is 5.28. The van der Waals surface area contributed by atoms with Gasteiger partial charge in [-0.2, -0.15) is 0 Å². The van der Waals surface area contributed by atoms with Crippen LogP contribution in [0.15, 0.2) is 0 Å². The Balaban J connectivity index is 1.46. The first-order valence-corrected chi connectivity index (χ1v) is 11.6. The highest BCUT2D eigenvalue weighted by Gasteiger charge is 2.34. The van der Waals surface area contributed by atoms with Crippen LogP contribution in [0, 0.1) is 17.8 Å². The molecule has 0 aromatic rings. The minimum Gasteiger partial charge on any atom is -0.353 e. The van der Waals surface area contributed by atoms with E-state index in [0.717, 1.165) is 38.8 Å². The molecule has 0 bridgehead atoms. The van der Waals surface area contributed by atoms with Crippen LogP contribution in [0.25, 0.3) is 0 Å². The van der Waals surface area contributed by atoms with Crippen molar-refractivity contribution in [2.24, 2.45) is 17.8 Å². The van der Waals surface area contributed by atoms with Crippen molar-refractivity contribution in [2.45, 2.75) is 81.0 Å². The van der Waals surface area contributed by atoms with Crippen molar-refractivity contribution in [3.63, 3.8) is 0 Å². The number of rotatable bonds is 5. The van der Waals surface area contributed by atoms with Crippen molar-refractivity contribution in [2.75, 3.05) is 13.7 Å². The van der Waals surface area contributed by atoms with Crippen LogP contribution in [0.5, 0.6) is 0 Å². The fraction of sp³-hybridized carbons (Fsp3) is 0.947. The maximum Gasteiger partial charge on any atom is 0.223 e. The van der Waals surface area contributed by atoms with Gasteiger partial charge in [0.1, 0.15) is 5.50 Å². The van der Waals surface area contributed by atoms with E-state index in [0.29, 0.717) is 28.6 Å². The smallest absolute Gasteiger partial charge is 0.223 e. The number of halogens is 1. The van der Waals surface area contributed by atoms with Crippen molar-refractivity contribution in [1.82, 2.24) is 21.1 Å². The molecule has 3 aliphatic rings. The summed E-state index contributed by atoms with van der Waals surface area (Å²) in [5.41, 5.74) is 6.87. The van der Waals surface area contributed by atoms with Gasteiger partial charge >= 0.3 is 0 Å². The largest absolute Gasteiger partial charge is 0.353 e. The highest BCUT2D eigenvalue weighted by molar-refractivity contribution is 8.00. The SMILES string of the molecule is CC1CC(C(=O)NC2CCCC([C@H](C)SC3NNCN3C)C2)CCC1Cl. The summed E-state index contributed by atoms with van der Waals surface area (Å²) in [5, 5.41) is 4.21. The molecule has 6 unspecified atom stereocenters. The van der Waals surface area contributed by atoms with Crippen molar-refractivity contribution in [3.8, 4) is 0 Å². The number of nitrogens with zero attached hydrogens (tertiary/aromatic N) is 1. The average Bonchev–Trinajstić information content (AvgIpc) is 3.02. The van der Waals surface area contributed by atoms with E-state index < -0.39 is 0 Å². The van der Waals surface area contributed by atoms with E-state index in [1.165, 1.54) is 12.8 Å². The standard InChI is InChI=1S/C19H35ClN4OS/c1-12-9-15(7-8-17(12)20)18(25)22-16-6-4-5-14(10-16)13(2)26-19-23-21-11-24(19)3/h12-17,19,21,23H,4-11H2,1-3H3,(H,22,25)/t12?,13-,14?,15?,16?,17?,19?/m0/s1. The van der Waals surface area contributed by atoms with Crippen molar-refractivity contribution >= 4 is 29.3 Å². The Morgan fingerprint density at radius 2 is 2.08 bits per heavy atom. The number of alkyl halides is 1. The summed E-state index contributed by atoms with van der Waals surface area (Å²) in [5.74, 6) is 1.55. The van der Waals surface area contributed by atoms with Crippen molar-refractivity contribution < 1.29 is 4.79 Å². The lowest BCUT2D eigenvalue weighted by Crippen LogP contribution is -2.44. The van der Waals surface area contributed by atoms with Gasteiger partial charge in [0.15, 0.2) is 0 Å². The summed E-state index contributed by atoms with van der Waals surface area (Å²) in [6.07, 6.45) is 7.59. The first kappa shape index (κ1) is 20.7. The summed E-state index contributed by atoms with van der Waals surface area (Å²) in [4.78, 5) is 15.0. The van der Waals surface area contributed by atoms with Gasteiger partial charge in [-0.15, -0.1) is 23.4 Å². The van der Waals surface area contributed by atoms with Gasteiger partial charge in [-0.25, -0.2) is 10.9 Å². The lowest BCUT2D eigenvalue weighted by Gasteiger charge is -2.36. The van der Waals surface area contributed by atoms with E-state index in [-0.39, 0.29) is 17.2 Å². The predicted octanol–water partition coefficient (Wildman–Crippen LogP) is 3.11. The second kappa shape index (κ2) is 9.46. The number of amides is 1. The second-order valence-corrected chi connectivity index (χ2v) is 10.6. The number of nitrogens with one attached hydrogen (secondary N) is 3. The molecule has 0 aromatic heterocycles. The maximum atomic E-state index is 12.7. The average molecular weight is 403 g/mol. The molecule has 1 saturated heterocycles. The lowest BCUT2D eigenvalue weighted by molar-refractivity contribution is -0.127. The monoisotopic (exact) mass is 402 g/mol. The Hall–Kier alpha value is -0.0100. The topological polar surface area (TPSA) is 56.4 Å². The number of thioether (sulfide) groups is 1. The molecular weight excluding hydrogens is 368 g/mol. The van der Waals surface area contributed by atoms with Gasteiger partial charge < -0.3 is 5.32 Å². The third-order valence-electron chi connectivity index (χ3n) is 6.46. The molecule has 7 atom stereocenters. The molecule has 5 nitrogen and oxygen atoms in total. The van der Waals surface area contributed by atoms with Gasteiger partial charge in [0.05, 0.1) is 6.67 Å². The van der Waals surface area contributed by atoms with Gasteiger partial charge in [-0.3, -0.25) is 9.69 Å². The van der Waals surface area contributed by atoms with Crippen LogP contribution in [0.4, 0.5) is 0 Å². The molecule has 3 fully saturated rings. The van der Waals surface area contributed by atoms with Crippen LogP contribution in [0.1, 0.15) is 58.8 Å². The summed E-state index contributed by atoms with van der Waals surface area (Å²) in [7, 11) is 2.14. The molecule has 1 aliphatic heterocycles. The highest BCUT2D eigenvalue weighted by atomic mass is 35.5. The van der Waals surface area contributed by atoms with Crippen LogP contribution in [0.2, 0.25) is 0 Å². The number of carbonyl (C=O) groups is 1. The highest BCUT2D eigenvalue weighted by Crippen LogP contribution is 2.36. The number of hydrazine groups is 1. The van der Waals surface area contributed by atoms with E-state index in [4.69, 9.17) is 11.6 Å².